The van der Waals surface area contributed by atoms with Gasteiger partial charge in [-0.25, -0.2) is 15.0 Å². The van der Waals surface area contributed by atoms with E-state index in [1.165, 1.54) is 0 Å². The van der Waals surface area contributed by atoms with Crippen molar-refractivity contribution in [2.24, 2.45) is 0 Å². The number of hydrogen-bond donors (Lipinski definition) is 0. The van der Waals surface area contributed by atoms with Crippen LogP contribution >= 0.6 is 0 Å². The van der Waals surface area contributed by atoms with Crippen LogP contribution in [0.1, 0.15) is 18.7 Å². The molecule has 3 aromatic heterocycles. The van der Waals surface area contributed by atoms with Gasteiger partial charge in [-0.1, -0.05) is 103 Å². The van der Waals surface area contributed by atoms with Crippen LogP contribution in [0, 0.1) is 0 Å². The minimum Gasteiger partial charge on any atom is -0.456 e. The van der Waals surface area contributed by atoms with Crippen LogP contribution in [0.3, 0.4) is 0 Å². The summed E-state index contributed by atoms with van der Waals surface area (Å²) in [4.78, 5) is 14.9. The van der Waals surface area contributed by atoms with Gasteiger partial charge in [0.15, 0.2) is 17.5 Å². The molecule has 1 aliphatic carbocycles. The standard InChI is InChI=1S/C39H25N3O2/c1-3-11-24(12-4-1)37-40-38(25-13-5-2-6-14-25)42-39(41-37)31-18-10-20-33-35(31)30-22-21-26(23-34(30)43-33)27-16-9-17-29-28-15-7-8-19-32(28)44-36(27)29/h1-5,7-13,15-23H,6,14H2. The highest BCUT2D eigenvalue weighted by molar-refractivity contribution is 6.14. The van der Waals surface area contributed by atoms with E-state index in [2.05, 4.69) is 66.8 Å². The molecule has 0 spiro atoms. The molecule has 9 rings (SSSR count). The summed E-state index contributed by atoms with van der Waals surface area (Å²) in [5.41, 5.74) is 8.41. The second-order valence-corrected chi connectivity index (χ2v) is 11.1. The fourth-order valence-electron chi connectivity index (χ4n) is 6.30. The Hall–Kier alpha value is -5.81. The molecule has 0 saturated carbocycles. The van der Waals surface area contributed by atoms with Crippen molar-refractivity contribution in [3.05, 3.63) is 133 Å². The maximum atomic E-state index is 6.49. The van der Waals surface area contributed by atoms with Crippen LogP contribution in [-0.4, -0.2) is 15.0 Å². The Balaban J connectivity index is 1.23. The highest BCUT2D eigenvalue weighted by Crippen LogP contribution is 2.40. The zero-order valence-electron chi connectivity index (χ0n) is 23.7. The lowest BCUT2D eigenvalue weighted by molar-refractivity contribution is 0.668. The summed E-state index contributed by atoms with van der Waals surface area (Å²) in [6.07, 6.45) is 8.23. The minimum atomic E-state index is 0.633. The molecular formula is C39H25N3O2. The Labute approximate surface area is 252 Å². The number of hydrogen-bond acceptors (Lipinski definition) is 5. The Morgan fingerprint density at radius 3 is 2.20 bits per heavy atom. The van der Waals surface area contributed by atoms with Crippen molar-refractivity contribution < 1.29 is 8.83 Å². The third-order valence-corrected chi connectivity index (χ3v) is 8.42. The first-order valence-electron chi connectivity index (χ1n) is 14.8. The molecule has 3 heterocycles. The van der Waals surface area contributed by atoms with E-state index in [1.54, 1.807) is 0 Å². The van der Waals surface area contributed by atoms with Gasteiger partial charge in [-0.15, -0.1) is 0 Å². The molecule has 0 unspecified atom stereocenters. The van der Waals surface area contributed by atoms with Crippen LogP contribution in [-0.2, 0) is 0 Å². The molecule has 0 saturated heterocycles. The number of benzene rings is 5. The SMILES string of the molecule is C1=CCCC(c2nc(-c3ccccc3)nc(-c3cccc4oc5cc(-c6cccc7c6oc6ccccc67)ccc5c34)n2)=C1. The number of fused-ring (bicyclic) bond motifs is 6. The van der Waals surface area contributed by atoms with Gasteiger partial charge in [0.05, 0.1) is 0 Å². The van der Waals surface area contributed by atoms with Gasteiger partial charge in [0.25, 0.3) is 0 Å². The van der Waals surface area contributed by atoms with Crippen molar-refractivity contribution in [1.82, 2.24) is 15.0 Å². The minimum absolute atomic E-state index is 0.633. The van der Waals surface area contributed by atoms with Crippen LogP contribution in [0.5, 0.6) is 0 Å². The summed E-state index contributed by atoms with van der Waals surface area (Å²) in [6, 6.07) is 37.0. The summed E-state index contributed by atoms with van der Waals surface area (Å²) in [6.45, 7) is 0. The molecule has 0 atom stereocenters. The number of rotatable bonds is 4. The number of para-hydroxylation sites is 2. The van der Waals surface area contributed by atoms with E-state index >= 15 is 0 Å². The lowest BCUT2D eigenvalue weighted by Gasteiger charge is -2.12. The van der Waals surface area contributed by atoms with Crippen LogP contribution in [0.4, 0.5) is 0 Å². The number of allylic oxidation sites excluding steroid dienone is 4. The zero-order valence-corrected chi connectivity index (χ0v) is 23.7. The molecule has 1 aliphatic rings. The molecule has 44 heavy (non-hydrogen) atoms. The van der Waals surface area contributed by atoms with Gasteiger partial charge in [0.2, 0.25) is 0 Å². The van der Waals surface area contributed by atoms with Gasteiger partial charge in [0.1, 0.15) is 22.3 Å². The number of furan rings is 2. The molecule has 8 aromatic rings. The van der Waals surface area contributed by atoms with Gasteiger partial charge in [-0.05, 0) is 48.2 Å². The Morgan fingerprint density at radius 1 is 0.523 bits per heavy atom. The average molecular weight is 568 g/mol. The molecule has 0 aliphatic heterocycles. The Bertz CT molecular complexity index is 2450. The van der Waals surface area contributed by atoms with Crippen LogP contribution in [0.25, 0.3) is 83.4 Å². The van der Waals surface area contributed by atoms with Gasteiger partial charge in [0, 0.05) is 38.2 Å². The molecule has 0 N–H and O–H groups in total. The summed E-state index contributed by atoms with van der Waals surface area (Å²) in [5, 5.41) is 4.22. The fourth-order valence-corrected chi connectivity index (χ4v) is 6.30. The topological polar surface area (TPSA) is 65.0 Å². The van der Waals surface area contributed by atoms with E-state index in [1.807, 2.05) is 60.7 Å². The zero-order chi connectivity index (χ0) is 29.0. The van der Waals surface area contributed by atoms with Crippen molar-refractivity contribution in [2.75, 3.05) is 0 Å². The quantitative estimate of drug-likeness (QED) is 0.212. The lowest BCUT2D eigenvalue weighted by atomic mass is 9.99. The smallest absolute Gasteiger partial charge is 0.164 e. The molecule has 5 heteroatoms. The lowest BCUT2D eigenvalue weighted by Crippen LogP contribution is -2.03. The molecule has 0 radical (unpaired) electrons. The predicted molar refractivity (Wildman–Crippen MR) is 177 cm³/mol. The maximum absolute atomic E-state index is 6.49. The largest absolute Gasteiger partial charge is 0.456 e. The van der Waals surface area contributed by atoms with Crippen LogP contribution < -0.4 is 0 Å². The highest BCUT2D eigenvalue weighted by atomic mass is 16.3. The van der Waals surface area contributed by atoms with Crippen molar-refractivity contribution in [3.63, 3.8) is 0 Å². The van der Waals surface area contributed by atoms with Gasteiger partial charge in [-0.2, -0.15) is 0 Å². The molecule has 0 amide bonds. The van der Waals surface area contributed by atoms with E-state index in [-0.39, 0.29) is 0 Å². The second-order valence-electron chi connectivity index (χ2n) is 11.1. The molecule has 5 nitrogen and oxygen atoms in total. The molecule has 5 aromatic carbocycles. The second kappa shape index (κ2) is 9.89. The summed E-state index contributed by atoms with van der Waals surface area (Å²) in [7, 11) is 0. The van der Waals surface area contributed by atoms with Gasteiger partial charge < -0.3 is 8.83 Å². The number of aromatic nitrogens is 3. The van der Waals surface area contributed by atoms with Crippen molar-refractivity contribution in [1.29, 1.82) is 0 Å². The van der Waals surface area contributed by atoms with Crippen LogP contribution in [0.15, 0.2) is 136 Å². The van der Waals surface area contributed by atoms with E-state index in [4.69, 9.17) is 23.8 Å². The summed E-state index contributed by atoms with van der Waals surface area (Å²) >= 11 is 0. The van der Waals surface area contributed by atoms with Crippen molar-refractivity contribution in [2.45, 2.75) is 12.8 Å². The third kappa shape index (κ3) is 3.97. The Morgan fingerprint density at radius 2 is 1.30 bits per heavy atom. The highest BCUT2D eigenvalue weighted by Gasteiger charge is 2.20. The first-order valence-corrected chi connectivity index (χ1v) is 14.8. The van der Waals surface area contributed by atoms with Gasteiger partial charge >= 0.3 is 0 Å². The molecule has 0 bridgehead atoms. The first kappa shape index (κ1) is 24.8. The fraction of sp³-hybridized carbons (Fsp3) is 0.0513. The van der Waals surface area contributed by atoms with Crippen molar-refractivity contribution >= 4 is 49.5 Å². The van der Waals surface area contributed by atoms with Crippen LogP contribution in [0.2, 0.25) is 0 Å². The maximum Gasteiger partial charge on any atom is 0.164 e. The molecular weight excluding hydrogens is 542 g/mol. The predicted octanol–water partition coefficient (Wildman–Crippen LogP) is 10.4. The normalized spacial score (nSPS) is 13.3. The Kier molecular flexibility index (Phi) is 5.56. The van der Waals surface area contributed by atoms with E-state index < -0.39 is 0 Å². The van der Waals surface area contributed by atoms with E-state index in [0.717, 1.165) is 84.5 Å². The number of nitrogens with zero attached hydrogens (tertiary/aromatic N) is 3. The summed E-state index contributed by atoms with van der Waals surface area (Å²) in [5.74, 6) is 2.00. The van der Waals surface area contributed by atoms with E-state index in [9.17, 15) is 0 Å². The molecule has 0 fully saturated rings. The average Bonchev–Trinajstić information content (AvgIpc) is 3.67. The first-order chi connectivity index (χ1) is 21.8. The van der Waals surface area contributed by atoms with E-state index in [0.29, 0.717) is 17.5 Å². The van der Waals surface area contributed by atoms with Gasteiger partial charge in [-0.3, -0.25) is 0 Å². The monoisotopic (exact) mass is 567 g/mol. The summed E-state index contributed by atoms with van der Waals surface area (Å²) < 4.78 is 12.8. The third-order valence-electron chi connectivity index (χ3n) is 8.42. The van der Waals surface area contributed by atoms with Crippen molar-refractivity contribution in [3.8, 4) is 33.9 Å². The molecule has 208 valence electrons.